The molecular weight excluding hydrogens is 324 g/mol. The van der Waals surface area contributed by atoms with Crippen LogP contribution in [0.3, 0.4) is 0 Å². The Morgan fingerprint density at radius 1 is 1.29 bits per heavy atom. The van der Waals surface area contributed by atoms with Gasteiger partial charge in [0.25, 0.3) is 0 Å². The van der Waals surface area contributed by atoms with Gasteiger partial charge in [-0.05, 0) is 25.1 Å². The van der Waals surface area contributed by atoms with Crippen LogP contribution in [-0.4, -0.2) is 43.9 Å². The van der Waals surface area contributed by atoms with E-state index in [-0.39, 0.29) is 6.10 Å². The lowest BCUT2D eigenvalue weighted by atomic mass is 10.1. The maximum Gasteiger partial charge on any atom is 0.123 e. The van der Waals surface area contributed by atoms with E-state index in [9.17, 15) is 0 Å². The Labute approximate surface area is 153 Å². The first-order valence-corrected chi connectivity index (χ1v) is 9.47. The quantitative estimate of drug-likeness (QED) is 0.850. The number of rotatable bonds is 5. The Balaban J connectivity index is 0.000000952. The molecule has 5 heteroatoms. The minimum atomic E-state index is 0.128. The van der Waals surface area contributed by atoms with Gasteiger partial charge < -0.3 is 15.2 Å². The summed E-state index contributed by atoms with van der Waals surface area (Å²) >= 11 is 6.07. The highest BCUT2D eigenvalue weighted by Crippen LogP contribution is 2.25. The summed E-state index contributed by atoms with van der Waals surface area (Å²) < 4.78 is 11.2. The van der Waals surface area contributed by atoms with Crippen LogP contribution in [-0.2, 0) is 11.3 Å². The van der Waals surface area contributed by atoms with Crippen molar-refractivity contribution in [1.29, 1.82) is 0 Å². The number of nitrogens with two attached hydrogens (primary N) is 1. The predicted octanol–water partition coefficient (Wildman–Crippen LogP) is 4.34. The van der Waals surface area contributed by atoms with E-state index in [0.717, 1.165) is 42.6 Å². The molecule has 1 aliphatic heterocycles. The van der Waals surface area contributed by atoms with Crippen LogP contribution in [0.5, 0.6) is 5.75 Å². The van der Waals surface area contributed by atoms with E-state index in [1.54, 1.807) is 0 Å². The molecule has 1 aromatic rings. The van der Waals surface area contributed by atoms with E-state index in [1.807, 2.05) is 39.0 Å². The fraction of sp³-hybridized carbons (Fsp3) is 0.684. The molecule has 0 saturated carbocycles. The zero-order valence-corrected chi connectivity index (χ0v) is 16.7. The molecule has 24 heavy (non-hydrogen) atoms. The van der Waals surface area contributed by atoms with Crippen molar-refractivity contribution in [1.82, 2.24) is 4.90 Å². The van der Waals surface area contributed by atoms with Crippen LogP contribution in [0.15, 0.2) is 18.2 Å². The molecule has 1 aromatic carbocycles. The largest absolute Gasteiger partial charge is 0.494 e. The zero-order chi connectivity index (χ0) is 18.4. The smallest absolute Gasteiger partial charge is 0.123 e. The van der Waals surface area contributed by atoms with Crippen LogP contribution in [0.25, 0.3) is 0 Å². The average molecular weight is 359 g/mol. The molecule has 0 amide bonds. The summed E-state index contributed by atoms with van der Waals surface area (Å²) in [5.74, 6) is 0.905. The van der Waals surface area contributed by atoms with Gasteiger partial charge in [-0.1, -0.05) is 45.7 Å². The van der Waals surface area contributed by atoms with Crippen molar-refractivity contribution in [2.24, 2.45) is 5.73 Å². The number of ether oxygens (including phenoxy) is 2. The summed E-state index contributed by atoms with van der Waals surface area (Å²) in [5, 5.41) is 0.738. The Morgan fingerprint density at radius 3 is 2.54 bits per heavy atom. The van der Waals surface area contributed by atoms with Crippen molar-refractivity contribution in [3.63, 3.8) is 0 Å². The van der Waals surface area contributed by atoms with Crippen LogP contribution in [0.2, 0.25) is 5.02 Å². The molecule has 2 N–H and O–H groups in total. The Morgan fingerprint density at radius 2 is 1.96 bits per heavy atom. The van der Waals surface area contributed by atoms with Gasteiger partial charge in [-0.15, -0.1) is 0 Å². The van der Waals surface area contributed by atoms with Crippen LogP contribution < -0.4 is 10.5 Å². The van der Waals surface area contributed by atoms with Gasteiger partial charge in [-0.3, -0.25) is 4.90 Å². The third kappa shape index (κ3) is 8.88. The van der Waals surface area contributed by atoms with Crippen LogP contribution in [0.4, 0.5) is 0 Å². The number of halogens is 1. The summed E-state index contributed by atoms with van der Waals surface area (Å²) in [6.07, 6.45) is 1.38. The van der Waals surface area contributed by atoms with Crippen molar-refractivity contribution >= 4 is 11.6 Å². The minimum absolute atomic E-state index is 0.128. The monoisotopic (exact) mass is 358 g/mol. The molecule has 0 aliphatic carbocycles. The highest BCUT2D eigenvalue weighted by molar-refractivity contribution is 6.30. The topological polar surface area (TPSA) is 47.7 Å². The first kappa shape index (κ1) is 23.2. The van der Waals surface area contributed by atoms with E-state index < -0.39 is 0 Å². The summed E-state index contributed by atoms with van der Waals surface area (Å²) in [6, 6.07) is 5.76. The highest BCUT2D eigenvalue weighted by Gasteiger charge is 2.20. The second-order valence-corrected chi connectivity index (χ2v) is 5.79. The molecule has 140 valence electrons. The van der Waals surface area contributed by atoms with Gasteiger partial charge in [-0.2, -0.15) is 0 Å². The Bertz CT molecular complexity index is 430. The number of hydrogen-bond acceptors (Lipinski definition) is 4. The molecule has 1 aliphatic rings. The molecular formula is C19H35ClN2O2. The van der Waals surface area contributed by atoms with Gasteiger partial charge in [0.15, 0.2) is 0 Å². The van der Waals surface area contributed by atoms with Crippen molar-refractivity contribution in [2.75, 3.05) is 32.8 Å². The second-order valence-electron chi connectivity index (χ2n) is 5.36. The number of morpholine rings is 1. The first-order chi connectivity index (χ1) is 11.6. The Hall–Kier alpha value is -0.810. The molecule has 1 atom stereocenters. The standard InChI is InChI=1S/C14H21ClN2O2.C3H8.C2H6/c1-2-18-14-4-3-12(15)7-11(14)9-17-5-6-19-13(8-16)10-17;1-3-2;1-2/h3-4,7,13H,2,5-6,8-10,16H2,1H3;3H2,1-2H3;1-2H3. The second kappa shape index (κ2) is 14.5. The van der Waals surface area contributed by atoms with Crippen LogP contribution in [0, 0.1) is 0 Å². The molecule has 4 nitrogen and oxygen atoms in total. The molecule has 1 unspecified atom stereocenters. The molecule has 1 heterocycles. The molecule has 1 fully saturated rings. The normalized spacial score (nSPS) is 17.2. The van der Waals surface area contributed by atoms with E-state index in [0.29, 0.717) is 13.2 Å². The average Bonchev–Trinajstić information content (AvgIpc) is 2.60. The van der Waals surface area contributed by atoms with Gasteiger partial charge in [0.05, 0.1) is 19.3 Å². The van der Waals surface area contributed by atoms with Crippen LogP contribution in [0.1, 0.15) is 46.6 Å². The molecule has 0 radical (unpaired) electrons. The van der Waals surface area contributed by atoms with E-state index in [1.165, 1.54) is 6.42 Å². The van der Waals surface area contributed by atoms with Crippen molar-refractivity contribution < 1.29 is 9.47 Å². The zero-order valence-electron chi connectivity index (χ0n) is 16.0. The first-order valence-electron chi connectivity index (χ1n) is 9.09. The van der Waals surface area contributed by atoms with E-state index in [4.69, 9.17) is 26.8 Å². The fourth-order valence-electron chi connectivity index (χ4n) is 2.28. The number of nitrogens with zero attached hydrogens (tertiary/aromatic N) is 1. The van der Waals surface area contributed by atoms with Crippen LogP contribution >= 0.6 is 11.6 Å². The summed E-state index contributed by atoms with van der Waals surface area (Å²) in [6.45, 7) is 14.8. The van der Waals surface area contributed by atoms with Gasteiger partial charge in [-0.25, -0.2) is 0 Å². The van der Waals surface area contributed by atoms with E-state index in [2.05, 4.69) is 18.7 Å². The van der Waals surface area contributed by atoms with Gasteiger partial charge in [0.1, 0.15) is 5.75 Å². The maximum absolute atomic E-state index is 6.07. The third-order valence-corrected chi connectivity index (χ3v) is 3.44. The maximum atomic E-state index is 6.07. The minimum Gasteiger partial charge on any atom is -0.494 e. The fourth-order valence-corrected chi connectivity index (χ4v) is 2.47. The summed E-state index contributed by atoms with van der Waals surface area (Å²) in [4.78, 5) is 2.33. The van der Waals surface area contributed by atoms with Crippen molar-refractivity contribution in [2.45, 2.75) is 53.7 Å². The van der Waals surface area contributed by atoms with Gasteiger partial charge in [0.2, 0.25) is 0 Å². The van der Waals surface area contributed by atoms with Crippen molar-refractivity contribution in [3.8, 4) is 5.75 Å². The predicted molar refractivity (Wildman–Crippen MR) is 104 cm³/mol. The molecule has 2 rings (SSSR count). The van der Waals surface area contributed by atoms with Crippen molar-refractivity contribution in [3.05, 3.63) is 28.8 Å². The Kier molecular flexibility index (Phi) is 14.0. The molecule has 0 bridgehead atoms. The lowest BCUT2D eigenvalue weighted by Crippen LogP contribution is -2.45. The molecule has 0 aromatic heterocycles. The number of benzene rings is 1. The van der Waals surface area contributed by atoms with Gasteiger partial charge >= 0.3 is 0 Å². The SMILES string of the molecule is CC.CCC.CCOc1ccc(Cl)cc1CN1CCOC(CN)C1. The highest BCUT2D eigenvalue weighted by atomic mass is 35.5. The van der Waals surface area contributed by atoms with E-state index >= 15 is 0 Å². The van der Waals surface area contributed by atoms with Gasteiger partial charge in [0, 0.05) is 36.8 Å². The molecule has 1 saturated heterocycles. The molecule has 0 spiro atoms. The third-order valence-electron chi connectivity index (χ3n) is 3.20. The summed E-state index contributed by atoms with van der Waals surface area (Å²) in [7, 11) is 0. The lowest BCUT2D eigenvalue weighted by molar-refractivity contribution is -0.0262. The summed E-state index contributed by atoms with van der Waals surface area (Å²) in [5.41, 5.74) is 6.78. The lowest BCUT2D eigenvalue weighted by Gasteiger charge is -2.32. The number of hydrogen-bond donors (Lipinski definition) is 1.